The van der Waals surface area contributed by atoms with Crippen LogP contribution in [0.5, 0.6) is 5.75 Å². The van der Waals surface area contributed by atoms with Crippen molar-refractivity contribution >= 4 is 26.8 Å². The molecule has 0 aliphatic carbocycles. The van der Waals surface area contributed by atoms with Crippen molar-refractivity contribution in [2.45, 2.75) is 45.1 Å². The number of hydrogen-bond acceptors (Lipinski definition) is 7. The van der Waals surface area contributed by atoms with E-state index in [1.165, 1.54) is 23.0 Å². The summed E-state index contributed by atoms with van der Waals surface area (Å²) < 4.78 is 54.4. The Morgan fingerprint density at radius 3 is 2.59 bits per heavy atom. The van der Waals surface area contributed by atoms with Crippen LogP contribution in [0.4, 0.5) is 8.78 Å². The number of nitrogens with one attached hydrogen (secondary N) is 1. The van der Waals surface area contributed by atoms with Crippen LogP contribution in [-0.4, -0.2) is 64.0 Å². The number of amides is 1. The quantitative estimate of drug-likeness (QED) is 0.517. The van der Waals surface area contributed by atoms with Gasteiger partial charge in [-0.05, 0) is 39.0 Å². The Morgan fingerprint density at radius 1 is 1.26 bits per heavy atom. The van der Waals surface area contributed by atoms with Gasteiger partial charge in [0.15, 0.2) is 9.84 Å². The number of aliphatic hydroxyl groups excluding tert-OH is 1. The number of benzene rings is 1. The van der Waals surface area contributed by atoms with Crippen LogP contribution < -0.4 is 10.1 Å². The predicted octanol–water partition coefficient (Wildman–Crippen LogP) is 2.56. The minimum absolute atomic E-state index is 0.0431. The number of fused-ring (bicyclic) bond motifs is 1. The lowest BCUT2D eigenvalue weighted by atomic mass is 10.1. The van der Waals surface area contributed by atoms with Gasteiger partial charge in [-0.25, -0.2) is 8.42 Å². The summed E-state index contributed by atoms with van der Waals surface area (Å²) in [5.74, 6) is -0.810. The van der Waals surface area contributed by atoms with Gasteiger partial charge in [0.25, 0.3) is 5.91 Å². The van der Waals surface area contributed by atoms with E-state index in [1.807, 2.05) is 0 Å². The van der Waals surface area contributed by atoms with Gasteiger partial charge in [-0.15, -0.1) is 0 Å². The normalized spacial score (nSPS) is 18.3. The first-order valence-corrected chi connectivity index (χ1v) is 12.3. The maximum absolute atomic E-state index is 12.8. The van der Waals surface area contributed by atoms with E-state index in [4.69, 9.17) is 0 Å². The van der Waals surface area contributed by atoms with Gasteiger partial charge in [0.1, 0.15) is 17.0 Å². The highest BCUT2D eigenvalue weighted by atomic mass is 32.2. The van der Waals surface area contributed by atoms with Crippen LogP contribution in [0, 0.1) is 0 Å². The van der Waals surface area contributed by atoms with Crippen LogP contribution in [0.2, 0.25) is 0 Å². The van der Waals surface area contributed by atoms with Gasteiger partial charge in [0.05, 0.1) is 40.3 Å². The van der Waals surface area contributed by atoms with Crippen LogP contribution in [0.3, 0.4) is 0 Å². The average Bonchev–Trinajstić information content (AvgIpc) is 3.09. The van der Waals surface area contributed by atoms with E-state index in [9.17, 15) is 27.1 Å². The lowest BCUT2D eigenvalue weighted by Gasteiger charge is -2.38. The van der Waals surface area contributed by atoms with Crippen molar-refractivity contribution in [3.8, 4) is 17.0 Å². The minimum atomic E-state index is -3.15. The molecule has 2 N–H and O–H groups in total. The smallest absolute Gasteiger partial charge is 0.387 e. The molecular weight excluding hydrogens is 470 g/mol. The number of pyridine rings is 1. The molecule has 1 amide bonds. The number of nitrogens with zero attached hydrogens (tertiary/aromatic N) is 3. The summed E-state index contributed by atoms with van der Waals surface area (Å²) in [5.41, 5.74) is 1.02. The van der Waals surface area contributed by atoms with Crippen molar-refractivity contribution in [2.75, 3.05) is 11.5 Å². The van der Waals surface area contributed by atoms with Crippen molar-refractivity contribution in [3.63, 3.8) is 0 Å². The van der Waals surface area contributed by atoms with Gasteiger partial charge in [-0.1, -0.05) is 12.1 Å². The molecule has 182 valence electrons. The Labute approximate surface area is 194 Å². The van der Waals surface area contributed by atoms with Crippen molar-refractivity contribution in [3.05, 3.63) is 42.1 Å². The predicted molar refractivity (Wildman–Crippen MR) is 121 cm³/mol. The zero-order chi connectivity index (χ0) is 24.8. The number of aromatic nitrogens is 3. The topological polar surface area (TPSA) is 123 Å². The van der Waals surface area contributed by atoms with Crippen molar-refractivity contribution < 1.29 is 31.8 Å². The number of carbonyl (C=O) groups is 1. The number of halogens is 2. The summed E-state index contributed by atoms with van der Waals surface area (Å²) in [6.07, 6.45) is 0.553. The third-order valence-electron chi connectivity index (χ3n) is 5.72. The summed E-state index contributed by atoms with van der Waals surface area (Å²) in [6.45, 7) is 2.01. The molecular formula is C22H24F2N4O5S. The molecule has 1 fully saturated rings. The minimum Gasteiger partial charge on any atom is -0.435 e. The summed E-state index contributed by atoms with van der Waals surface area (Å²) in [6, 6.07) is 7.08. The molecule has 9 nitrogen and oxygen atoms in total. The van der Waals surface area contributed by atoms with E-state index in [2.05, 4.69) is 20.1 Å². The molecule has 4 rings (SSSR count). The lowest BCUT2D eigenvalue weighted by molar-refractivity contribution is -0.0498. The van der Waals surface area contributed by atoms with E-state index in [-0.39, 0.29) is 22.8 Å². The Balaban J connectivity index is 1.75. The Kier molecular flexibility index (Phi) is 6.06. The number of hydrogen-bond donors (Lipinski definition) is 2. The first-order valence-electron chi connectivity index (χ1n) is 10.5. The molecule has 0 spiro atoms. The van der Waals surface area contributed by atoms with Crippen LogP contribution >= 0.6 is 0 Å². The van der Waals surface area contributed by atoms with Crippen LogP contribution in [-0.2, 0) is 9.84 Å². The summed E-state index contributed by atoms with van der Waals surface area (Å²) in [4.78, 5) is 17.2. The molecule has 1 unspecified atom stereocenters. The summed E-state index contributed by atoms with van der Waals surface area (Å²) in [7, 11) is -3.15. The van der Waals surface area contributed by atoms with Gasteiger partial charge in [0, 0.05) is 11.8 Å². The van der Waals surface area contributed by atoms with E-state index < -0.39 is 40.0 Å². The number of rotatable bonds is 7. The Morgan fingerprint density at radius 2 is 1.97 bits per heavy atom. The molecule has 0 saturated carbocycles. The molecule has 1 saturated heterocycles. The molecule has 1 aromatic carbocycles. The largest absolute Gasteiger partial charge is 0.435 e. The van der Waals surface area contributed by atoms with Gasteiger partial charge in [-0.2, -0.15) is 13.9 Å². The molecule has 1 aliphatic rings. The highest BCUT2D eigenvalue weighted by Crippen LogP contribution is 2.32. The van der Waals surface area contributed by atoms with Crippen LogP contribution in [0.1, 0.15) is 37.2 Å². The third-order valence-corrected chi connectivity index (χ3v) is 7.87. The summed E-state index contributed by atoms with van der Waals surface area (Å²) in [5, 5.41) is 17.5. The molecule has 3 heterocycles. The SMILES string of the molecule is CC(O)[C@@H](C)n1nc(-c2cccc(OC(F)F)c2)c2ncc(C(=O)NC3(C)CS(=O)(=O)C3)cc21. The fourth-order valence-electron chi connectivity index (χ4n) is 4.02. The van der Waals surface area contributed by atoms with Crippen molar-refractivity contribution in [1.29, 1.82) is 0 Å². The molecule has 12 heteroatoms. The molecule has 2 atom stereocenters. The monoisotopic (exact) mass is 494 g/mol. The number of aliphatic hydroxyl groups is 1. The molecule has 0 bridgehead atoms. The first kappa shape index (κ1) is 24.0. The standard InChI is InChI=1S/C22H24F2N4O5S/c1-12(13(2)29)28-17-8-15(20(30)26-22(3)10-34(31,32)11-22)9-25-19(17)18(27-28)14-5-4-6-16(7-14)33-21(23)24/h4-9,12-13,21,29H,10-11H2,1-3H3,(H,26,30)/t12-,13?/m1/s1. The Bertz CT molecular complexity index is 1340. The fraction of sp³-hybridized carbons (Fsp3) is 0.409. The summed E-state index contributed by atoms with van der Waals surface area (Å²) >= 11 is 0. The van der Waals surface area contributed by atoms with Crippen LogP contribution in [0.25, 0.3) is 22.3 Å². The molecule has 0 radical (unpaired) electrons. The van der Waals surface area contributed by atoms with E-state index in [0.717, 1.165) is 0 Å². The van der Waals surface area contributed by atoms with E-state index in [1.54, 1.807) is 39.0 Å². The number of ether oxygens (including phenoxy) is 1. The van der Waals surface area contributed by atoms with Gasteiger partial charge in [-0.3, -0.25) is 14.5 Å². The first-order chi connectivity index (χ1) is 15.9. The number of alkyl halides is 2. The van der Waals surface area contributed by atoms with Gasteiger partial charge < -0.3 is 15.2 Å². The second kappa shape index (κ2) is 8.58. The highest BCUT2D eigenvalue weighted by Gasteiger charge is 2.45. The average molecular weight is 495 g/mol. The second-order valence-electron chi connectivity index (χ2n) is 8.82. The molecule has 3 aromatic rings. The number of carbonyl (C=O) groups excluding carboxylic acids is 1. The lowest BCUT2D eigenvalue weighted by Crippen LogP contribution is -2.63. The van der Waals surface area contributed by atoms with E-state index >= 15 is 0 Å². The Hall–Kier alpha value is -3.12. The zero-order valence-electron chi connectivity index (χ0n) is 18.7. The zero-order valence-corrected chi connectivity index (χ0v) is 19.5. The highest BCUT2D eigenvalue weighted by molar-refractivity contribution is 7.93. The maximum atomic E-state index is 12.8. The van der Waals surface area contributed by atoms with Crippen LogP contribution in [0.15, 0.2) is 36.5 Å². The second-order valence-corrected chi connectivity index (χ2v) is 10.9. The van der Waals surface area contributed by atoms with Gasteiger partial charge >= 0.3 is 6.61 Å². The molecule has 2 aromatic heterocycles. The van der Waals surface area contributed by atoms with E-state index in [0.29, 0.717) is 22.3 Å². The van der Waals surface area contributed by atoms with Crippen molar-refractivity contribution in [2.24, 2.45) is 0 Å². The van der Waals surface area contributed by atoms with Crippen molar-refractivity contribution in [1.82, 2.24) is 20.1 Å². The maximum Gasteiger partial charge on any atom is 0.387 e. The third kappa shape index (κ3) is 4.73. The van der Waals surface area contributed by atoms with Gasteiger partial charge in [0.2, 0.25) is 0 Å². The molecule has 1 aliphatic heterocycles. The fourth-order valence-corrected chi connectivity index (χ4v) is 6.02. The molecule has 34 heavy (non-hydrogen) atoms. The number of sulfone groups is 1.